The van der Waals surface area contributed by atoms with Crippen LogP contribution in [-0.4, -0.2) is 56.6 Å². The van der Waals surface area contributed by atoms with Crippen LogP contribution in [0.5, 0.6) is 0 Å². The number of nitro benzene ring substituents is 1. The van der Waals surface area contributed by atoms with Crippen LogP contribution in [-0.2, 0) is 4.79 Å². The summed E-state index contributed by atoms with van der Waals surface area (Å²) in [5.41, 5.74) is 2.03. The molecule has 5 atom stereocenters. The number of hydrogen-bond acceptors (Lipinski definition) is 6. The summed E-state index contributed by atoms with van der Waals surface area (Å²) in [5.74, 6) is -1.67. The summed E-state index contributed by atoms with van der Waals surface area (Å²) in [4.78, 5) is 38.3. The van der Waals surface area contributed by atoms with E-state index in [4.69, 9.17) is 11.6 Å². The van der Waals surface area contributed by atoms with Gasteiger partial charge >= 0.3 is 5.97 Å². The number of hydrogen-bond donors (Lipinski definition) is 2. The summed E-state index contributed by atoms with van der Waals surface area (Å²) in [6, 6.07) is 11.0. The number of aliphatic carboxylic acids is 1. The van der Waals surface area contributed by atoms with E-state index in [1.54, 1.807) is 35.2 Å². The molecular formula is C24H26ClN3O5S. The van der Waals surface area contributed by atoms with E-state index >= 15 is 0 Å². The number of para-hydroxylation sites is 1. The molecule has 0 bridgehead atoms. The molecule has 1 aliphatic carbocycles. The van der Waals surface area contributed by atoms with E-state index in [9.17, 15) is 24.8 Å². The number of amides is 1. The minimum atomic E-state index is -0.968. The highest BCUT2D eigenvalue weighted by Crippen LogP contribution is 2.55. The fourth-order valence-corrected chi connectivity index (χ4v) is 7.00. The average molecular weight is 504 g/mol. The smallest absolute Gasteiger partial charge is 0.326 e. The number of halogens is 1. The summed E-state index contributed by atoms with van der Waals surface area (Å²) >= 11 is 8.30. The molecule has 8 nitrogen and oxygen atoms in total. The van der Waals surface area contributed by atoms with Crippen LogP contribution >= 0.6 is 23.4 Å². The Labute approximate surface area is 206 Å². The predicted molar refractivity (Wildman–Crippen MR) is 132 cm³/mol. The lowest BCUT2D eigenvalue weighted by molar-refractivity contribution is -0.387. The van der Waals surface area contributed by atoms with Crippen LogP contribution < -0.4 is 5.32 Å². The maximum atomic E-state index is 13.0. The van der Waals surface area contributed by atoms with Crippen molar-refractivity contribution >= 4 is 46.6 Å². The Hall–Kier alpha value is -2.78. The number of alkyl halides is 1. The van der Waals surface area contributed by atoms with E-state index in [-0.39, 0.29) is 28.7 Å². The van der Waals surface area contributed by atoms with Gasteiger partial charge in [0.1, 0.15) is 6.04 Å². The highest BCUT2D eigenvalue weighted by Gasteiger charge is 2.52. The number of nitrogens with zero attached hydrogens (tertiary/aromatic N) is 2. The van der Waals surface area contributed by atoms with Gasteiger partial charge in [-0.2, -0.15) is 0 Å². The third-order valence-corrected chi connectivity index (χ3v) is 8.83. The van der Waals surface area contributed by atoms with Gasteiger partial charge in [-0.3, -0.25) is 14.9 Å². The van der Waals surface area contributed by atoms with E-state index < -0.39 is 22.3 Å². The van der Waals surface area contributed by atoms with Crippen LogP contribution in [0.2, 0.25) is 0 Å². The van der Waals surface area contributed by atoms with Crippen molar-refractivity contribution < 1.29 is 19.6 Å². The second-order valence-electron chi connectivity index (χ2n) is 8.49. The number of carboxylic acids is 1. The lowest BCUT2D eigenvalue weighted by Gasteiger charge is -2.36. The number of carbonyl (C=O) groups excluding carboxylic acids is 1. The van der Waals surface area contributed by atoms with Gasteiger partial charge < -0.3 is 15.3 Å². The van der Waals surface area contributed by atoms with Crippen molar-refractivity contribution in [3.05, 3.63) is 63.7 Å². The Balaban J connectivity index is 1.70. The number of rotatable bonds is 7. The Morgan fingerprint density at radius 3 is 2.59 bits per heavy atom. The second-order valence-corrected chi connectivity index (χ2v) is 10.3. The van der Waals surface area contributed by atoms with Gasteiger partial charge in [0.15, 0.2) is 0 Å². The summed E-state index contributed by atoms with van der Waals surface area (Å²) in [6.07, 6.45) is 0.479. The molecule has 1 amide bonds. The van der Waals surface area contributed by atoms with Gasteiger partial charge in [0.05, 0.1) is 15.2 Å². The van der Waals surface area contributed by atoms with Gasteiger partial charge in [0.25, 0.3) is 11.6 Å². The summed E-state index contributed by atoms with van der Waals surface area (Å²) < 4.78 is 0. The molecule has 0 radical (unpaired) electrons. The number of carbonyl (C=O) groups is 2. The molecule has 0 unspecified atom stereocenters. The van der Waals surface area contributed by atoms with Crippen LogP contribution in [0.15, 0.2) is 47.4 Å². The predicted octanol–water partition coefficient (Wildman–Crippen LogP) is 4.83. The van der Waals surface area contributed by atoms with E-state index in [2.05, 4.69) is 5.32 Å². The average Bonchev–Trinajstić information content (AvgIpc) is 3.15. The zero-order chi connectivity index (χ0) is 24.6. The molecule has 1 aliphatic heterocycles. The summed E-state index contributed by atoms with van der Waals surface area (Å²) in [7, 11) is 0. The van der Waals surface area contributed by atoms with Gasteiger partial charge in [0.2, 0.25) is 0 Å². The molecule has 4 rings (SSSR count). The minimum absolute atomic E-state index is 0.00616. The van der Waals surface area contributed by atoms with Crippen LogP contribution in [0.25, 0.3) is 0 Å². The first-order valence-corrected chi connectivity index (χ1v) is 12.5. The molecule has 1 saturated carbocycles. The molecule has 1 fully saturated rings. The standard InChI is InChI=1S/C24H26ClN3O5S/c1-3-27(4-2)23(29)13-9-10-16-14(11-13)20-15(22(26-16)24(30)31)12-19(21(20)25)34-18-8-6-5-7-17(18)28(32)33/h5-11,15,19-22,26H,3-4,12H2,1-2H3,(H,30,31)/t15-,19+,20-,21+,22+/m0/s1. The molecular weight excluding hydrogens is 478 g/mol. The Morgan fingerprint density at radius 1 is 1.24 bits per heavy atom. The maximum absolute atomic E-state index is 13.0. The first-order valence-electron chi connectivity index (χ1n) is 11.2. The molecule has 1 heterocycles. The van der Waals surface area contributed by atoms with Crippen LogP contribution in [0.1, 0.15) is 42.1 Å². The highest BCUT2D eigenvalue weighted by atomic mass is 35.5. The lowest BCUT2D eigenvalue weighted by atomic mass is 9.79. The first kappa shape index (κ1) is 24.3. The molecule has 2 aromatic carbocycles. The van der Waals surface area contributed by atoms with Crippen molar-refractivity contribution in [3.63, 3.8) is 0 Å². The summed E-state index contributed by atoms with van der Waals surface area (Å²) in [6.45, 7) is 5.02. The number of benzene rings is 2. The fraction of sp³-hybridized carbons (Fsp3) is 0.417. The van der Waals surface area contributed by atoms with Gasteiger partial charge in [-0.15, -0.1) is 23.4 Å². The molecule has 34 heavy (non-hydrogen) atoms. The number of carboxylic acid groups (broad SMARTS) is 1. The van der Waals surface area contributed by atoms with E-state index in [1.165, 1.54) is 17.8 Å². The normalized spacial score (nSPS) is 25.1. The molecule has 0 saturated heterocycles. The number of thioether (sulfide) groups is 1. The topological polar surface area (TPSA) is 113 Å². The molecule has 2 aromatic rings. The molecule has 2 aliphatic rings. The zero-order valence-corrected chi connectivity index (χ0v) is 20.4. The summed E-state index contributed by atoms with van der Waals surface area (Å²) in [5, 5.41) is 23.8. The Bertz CT molecular complexity index is 1130. The molecule has 2 N–H and O–H groups in total. The largest absolute Gasteiger partial charge is 0.480 e. The van der Waals surface area contributed by atoms with Crippen molar-refractivity contribution in [1.82, 2.24) is 4.90 Å². The van der Waals surface area contributed by atoms with Gasteiger partial charge in [-0.1, -0.05) is 12.1 Å². The molecule has 0 aromatic heterocycles. The fourth-order valence-electron chi connectivity index (χ4n) is 5.06. The van der Waals surface area contributed by atoms with Crippen molar-refractivity contribution in [2.75, 3.05) is 18.4 Å². The quantitative estimate of drug-likeness (QED) is 0.316. The second kappa shape index (κ2) is 9.84. The van der Waals surface area contributed by atoms with Crippen molar-refractivity contribution in [1.29, 1.82) is 0 Å². The Morgan fingerprint density at radius 2 is 1.94 bits per heavy atom. The van der Waals surface area contributed by atoms with E-state index in [0.29, 0.717) is 35.7 Å². The van der Waals surface area contributed by atoms with Crippen LogP contribution in [0.3, 0.4) is 0 Å². The lowest BCUT2D eigenvalue weighted by Crippen LogP contribution is -2.42. The van der Waals surface area contributed by atoms with Gasteiger partial charge in [-0.05, 0) is 56.0 Å². The first-order chi connectivity index (χ1) is 16.3. The SMILES string of the molecule is CCN(CC)C(=O)c1ccc2c(c1)[C@@H]1[C@H](Cl)[C@H](Sc3ccccc3[N+](=O)[O-])C[C@@H]1[C@H](C(=O)O)N2. The molecule has 0 spiro atoms. The number of nitrogens with one attached hydrogen (secondary N) is 1. The third-order valence-electron chi connectivity index (χ3n) is 6.72. The van der Waals surface area contributed by atoms with E-state index in [0.717, 1.165) is 5.56 Å². The van der Waals surface area contributed by atoms with Crippen molar-refractivity contribution in [2.45, 2.75) is 47.8 Å². The van der Waals surface area contributed by atoms with E-state index in [1.807, 2.05) is 19.9 Å². The number of anilines is 1. The maximum Gasteiger partial charge on any atom is 0.326 e. The number of fused-ring (bicyclic) bond motifs is 3. The van der Waals surface area contributed by atoms with Crippen molar-refractivity contribution in [2.24, 2.45) is 5.92 Å². The van der Waals surface area contributed by atoms with Crippen LogP contribution in [0.4, 0.5) is 11.4 Å². The highest BCUT2D eigenvalue weighted by molar-refractivity contribution is 8.00. The monoisotopic (exact) mass is 503 g/mol. The Kier molecular flexibility index (Phi) is 7.04. The van der Waals surface area contributed by atoms with Gasteiger partial charge in [-0.25, -0.2) is 4.79 Å². The molecule has 180 valence electrons. The molecule has 10 heteroatoms. The minimum Gasteiger partial charge on any atom is -0.480 e. The van der Waals surface area contributed by atoms with Crippen LogP contribution in [0, 0.1) is 16.0 Å². The zero-order valence-electron chi connectivity index (χ0n) is 18.8. The third kappa shape index (κ3) is 4.34. The number of nitro groups is 1. The van der Waals surface area contributed by atoms with Crippen molar-refractivity contribution in [3.8, 4) is 0 Å². The van der Waals surface area contributed by atoms with Gasteiger partial charge in [0, 0.05) is 41.6 Å².